The predicted molar refractivity (Wildman–Crippen MR) is 124 cm³/mol. The van der Waals surface area contributed by atoms with Crippen LogP contribution >= 0.6 is 0 Å². The molecular weight excluding hydrogens is 416 g/mol. The highest BCUT2D eigenvalue weighted by atomic mass is 16.5. The van der Waals surface area contributed by atoms with Gasteiger partial charge in [0.2, 0.25) is 0 Å². The molecule has 7 heteroatoms. The van der Waals surface area contributed by atoms with Gasteiger partial charge in [-0.2, -0.15) is 0 Å². The van der Waals surface area contributed by atoms with Crippen LogP contribution in [0.15, 0.2) is 76.0 Å². The lowest BCUT2D eigenvalue weighted by molar-refractivity contribution is 0.112. The molecule has 3 aromatic carbocycles. The summed E-state index contributed by atoms with van der Waals surface area (Å²) in [6.45, 7) is 0.645. The number of fused-ring (bicyclic) bond motifs is 1. The molecule has 2 heterocycles. The van der Waals surface area contributed by atoms with Crippen molar-refractivity contribution in [3.05, 3.63) is 94.2 Å². The second-order valence-electron chi connectivity index (χ2n) is 8.35. The minimum Gasteiger partial charge on any atom is -0.323 e. The van der Waals surface area contributed by atoms with Gasteiger partial charge in [0.1, 0.15) is 5.82 Å². The number of aromatic amines is 1. The van der Waals surface area contributed by atoms with Crippen LogP contribution in [0.2, 0.25) is 0 Å². The lowest BCUT2D eigenvalue weighted by atomic mass is 9.98. The van der Waals surface area contributed by atoms with Crippen LogP contribution in [-0.4, -0.2) is 26.0 Å². The van der Waals surface area contributed by atoms with Crippen LogP contribution in [0.25, 0.3) is 33.5 Å². The minimum absolute atomic E-state index is 0.403. The average Bonchev–Trinajstić information content (AvgIpc) is 3.51. The fourth-order valence-electron chi connectivity index (χ4n) is 4.40. The lowest BCUT2D eigenvalue weighted by Gasteiger charge is -2.12. The van der Waals surface area contributed by atoms with E-state index in [1.165, 1.54) is 0 Å². The Morgan fingerprint density at radius 2 is 1.79 bits per heavy atom. The van der Waals surface area contributed by atoms with Gasteiger partial charge in [-0.25, -0.2) is 9.78 Å². The van der Waals surface area contributed by atoms with Crippen molar-refractivity contribution in [1.82, 2.24) is 19.7 Å². The van der Waals surface area contributed by atoms with Crippen LogP contribution in [-0.2, 0) is 6.54 Å². The summed E-state index contributed by atoms with van der Waals surface area (Å²) in [6, 6.07) is 21.7. The van der Waals surface area contributed by atoms with E-state index in [2.05, 4.69) is 43.5 Å². The summed E-state index contributed by atoms with van der Waals surface area (Å²) in [5.74, 6) is 1.35. The maximum absolute atomic E-state index is 11.7. The van der Waals surface area contributed by atoms with E-state index in [-0.39, 0.29) is 0 Å². The number of para-hydroxylation sites is 1. The number of carbonyl (C=O) groups is 1. The van der Waals surface area contributed by atoms with E-state index in [0.29, 0.717) is 23.9 Å². The molecule has 1 aliphatic rings. The fourth-order valence-corrected chi connectivity index (χ4v) is 4.40. The number of imidazole rings is 1. The lowest BCUT2D eigenvalue weighted by Crippen LogP contribution is -2.05. The molecule has 0 unspecified atom stereocenters. The number of hydrogen-bond acceptors (Lipinski definition) is 5. The van der Waals surface area contributed by atoms with E-state index in [0.717, 1.165) is 58.2 Å². The molecule has 162 valence electrons. The number of carbonyl (C=O) groups excluding carboxylic acids is 1. The van der Waals surface area contributed by atoms with Gasteiger partial charge in [0, 0.05) is 23.6 Å². The Bertz CT molecular complexity index is 1540. The number of aldehydes is 1. The minimum atomic E-state index is -0.580. The van der Waals surface area contributed by atoms with Crippen molar-refractivity contribution in [1.29, 1.82) is 0 Å². The van der Waals surface area contributed by atoms with Crippen LogP contribution in [0.3, 0.4) is 0 Å². The summed E-state index contributed by atoms with van der Waals surface area (Å²) in [5, 5.41) is 3.84. The highest BCUT2D eigenvalue weighted by Gasteiger charge is 2.30. The Balaban J connectivity index is 1.38. The largest absolute Gasteiger partial charge is 0.439 e. The summed E-state index contributed by atoms with van der Waals surface area (Å²) in [4.78, 5) is 30.6. The van der Waals surface area contributed by atoms with Crippen molar-refractivity contribution in [3.8, 4) is 22.5 Å². The van der Waals surface area contributed by atoms with E-state index in [1.807, 2.05) is 42.5 Å². The molecule has 5 aromatic rings. The van der Waals surface area contributed by atoms with Crippen LogP contribution in [0.4, 0.5) is 0 Å². The van der Waals surface area contributed by atoms with Gasteiger partial charge in [0.05, 0.1) is 11.0 Å². The summed E-state index contributed by atoms with van der Waals surface area (Å²) in [6.07, 6.45) is 3.19. The Morgan fingerprint density at radius 1 is 1.00 bits per heavy atom. The molecule has 0 aliphatic heterocycles. The zero-order chi connectivity index (χ0) is 22.4. The van der Waals surface area contributed by atoms with Crippen molar-refractivity contribution >= 4 is 17.3 Å². The fraction of sp³-hybridized carbons (Fsp3) is 0.154. The second kappa shape index (κ2) is 7.70. The van der Waals surface area contributed by atoms with E-state index in [9.17, 15) is 9.59 Å². The normalized spacial score (nSPS) is 13.5. The molecule has 1 N–H and O–H groups in total. The van der Waals surface area contributed by atoms with Gasteiger partial charge < -0.3 is 4.57 Å². The first-order valence-corrected chi connectivity index (χ1v) is 10.9. The smallest absolute Gasteiger partial charge is 0.323 e. The quantitative estimate of drug-likeness (QED) is 0.387. The van der Waals surface area contributed by atoms with Gasteiger partial charge in [-0.3, -0.25) is 14.3 Å². The van der Waals surface area contributed by atoms with Gasteiger partial charge in [-0.1, -0.05) is 59.8 Å². The molecular formula is C26H20N4O3. The Kier molecular flexibility index (Phi) is 4.54. The molecule has 2 aromatic heterocycles. The third-order valence-corrected chi connectivity index (χ3v) is 6.12. The zero-order valence-electron chi connectivity index (χ0n) is 17.7. The maximum Gasteiger partial charge on any atom is 0.439 e. The molecule has 33 heavy (non-hydrogen) atoms. The van der Waals surface area contributed by atoms with Crippen molar-refractivity contribution in [2.24, 2.45) is 0 Å². The Labute approximate surface area is 188 Å². The number of rotatable bonds is 6. The van der Waals surface area contributed by atoms with Crippen molar-refractivity contribution in [2.75, 3.05) is 0 Å². The number of hydrogen-bond donors (Lipinski definition) is 1. The van der Waals surface area contributed by atoms with Gasteiger partial charge >= 0.3 is 5.76 Å². The monoisotopic (exact) mass is 436 g/mol. The Hall–Kier alpha value is -4.26. The Morgan fingerprint density at radius 3 is 2.48 bits per heavy atom. The third-order valence-electron chi connectivity index (χ3n) is 6.12. The SMILES string of the molecule is O=Cc1cccc2nc(C3CC3)n(Cc3ccc(-c4ccccc4-c4noc(=O)[nH]4)cc3)c12. The molecule has 0 spiro atoms. The molecule has 7 nitrogen and oxygen atoms in total. The first kappa shape index (κ1) is 19.4. The number of nitrogens with one attached hydrogen (secondary N) is 1. The second-order valence-corrected chi connectivity index (χ2v) is 8.35. The zero-order valence-corrected chi connectivity index (χ0v) is 17.7. The van der Waals surface area contributed by atoms with Gasteiger partial charge in [-0.15, -0.1) is 0 Å². The number of benzene rings is 3. The van der Waals surface area contributed by atoms with Gasteiger partial charge in [0.15, 0.2) is 12.1 Å². The van der Waals surface area contributed by atoms with Gasteiger partial charge in [0.25, 0.3) is 0 Å². The summed E-state index contributed by atoms with van der Waals surface area (Å²) in [7, 11) is 0. The van der Waals surface area contributed by atoms with Crippen molar-refractivity contribution in [2.45, 2.75) is 25.3 Å². The molecule has 1 aliphatic carbocycles. The highest BCUT2D eigenvalue weighted by Crippen LogP contribution is 2.41. The van der Waals surface area contributed by atoms with Crippen molar-refractivity contribution < 1.29 is 9.32 Å². The molecule has 0 amide bonds. The molecule has 0 radical (unpaired) electrons. The first-order chi connectivity index (χ1) is 16.2. The van der Waals surface area contributed by atoms with Crippen LogP contribution in [0.1, 0.15) is 40.5 Å². The summed E-state index contributed by atoms with van der Waals surface area (Å²) < 4.78 is 6.88. The molecule has 0 bridgehead atoms. The standard InChI is InChI=1S/C26H20N4O3/c31-15-19-4-3-7-22-23(19)30(25(27-22)18-12-13-18)14-16-8-10-17(11-9-16)20-5-1-2-6-21(20)24-28-26(32)33-29-24/h1-11,15,18H,12-14H2,(H,28,29,32). The molecule has 1 fully saturated rings. The average molecular weight is 436 g/mol. The van der Waals surface area contributed by atoms with E-state index in [1.54, 1.807) is 0 Å². The molecule has 0 atom stereocenters. The van der Waals surface area contributed by atoms with Crippen LogP contribution < -0.4 is 5.76 Å². The number of H-pyrrole nitrogens is 1. The number of nitrogens with zero attached hydrogens (tertiary/aromatic N) is 3. The topological polar surface area (TPSA) is 93.8 Å². The van der Waals surface area contributed by atoms with E-state index in [4.69, 9.17) is 4.98 Å². The highest BCUT2D eigenvalue weighted by molar-refractivity contribution is 5.95. The van der Waals surface area contributed by atoms with E-state index < -0.39 is 5.76 Å². The maximum atomic E-state index is 11.7. The summed E-state index contributed by atoms with van der Waals surface area (Å²) >= 11 is 0. The van der Waals surface area contributed by atoms with Crippen LogP contribution in [0, 0.1) is 0 Å². The van der Waals surface area contributed by atoms with Crippen LogP contribution in [0.5, 0.6) is 0 Å². The van der Waals surface area contributed by atoms with E-state index >= 15 is 0 Å². The summed E-state index contributed by atoms with van der Waals surface area (Å²) in [5.41, 5.74) is 6.30. The first-order valence-electron chi connectivity index (χ1n) is 10.9. The molecule has 6 rings (SSSR count). The molecule has 1 saturated carbocycles. The third kappa shape index (κ3) is 3.47. The van der Waals surface area contributed by atoms with Crippen molar-refractivity contribution in [3.63, 3.8) is 0 Å². The predicted octanol–water partition coefficient (Wildman–Crippen LogP) is 4.78. The van der Waals surface area contributed by atoms with Gasteiger partial charge in [-0.05, 0) is 41.7 Å². The number of aromatic nitrogens is 4. The molecule has 0 saturated heterocycles.